The maximum atomic E-state index is 12.9. The number of likely N-dealkylation sites (tertiary alicyclic amines) is 2. The Balaban J connectivity index is 1.08. The molecule has 158 valence electrons. The molecule has 10 heteroatoms. The number of aromatic nitrogens is 2. The predicted molar refractivity (Wildman–Crippen MR) is 95.7 cm³/mol. The van der Waals surface area contributed by atoms with Crippen LogP contribution in [0.4, 0.5) is 18.0 Å². The van der Waals surface area contributed by atoms with Gasteiger partial charge in [-0.15, -0.1) is 0 Å². The van der Waals surface area contributed by atoms with E-state index in [1.165, 1.54) is 7.05 Å². The van der Waals surface area contributed by atoms with Gasteiger partial charge in [0.25, 0.3) is 0 Å². The van der Waals surface area contributed by atoms with Gasteiger partial charge in [0.15, 0.2) is 0 Å². The van der Waals surface area contributed by atoms with E-state index in [9.17, 15) is 22.8 Å². The largest absolute Gasteiger partial charge is 0.433 e. The van der Waals surface area contributed by atoms with Crippen molar-refractivity contribution in [2.45, 2.75) is 43.8 Å². The zero-order valence-corrected chi connectivity index (χ0v) is 16.3. The Morgan fingerprint density at radius 3 is 2.45 bits per heavy atom. The minimum absolute atomic E-state index is 0.0328. The topological polar surface area (TPSA) is 70.5 Å². The first-order valence-electron chi connectivity index (χ1n) is 10.0. The lowest BCUT2D eigenvalue weighted by atomic mass is 9.57. The highest BCUT2D eigenvalue weighted by Gasteiger charge is 2.56. The second kappa shape index (κ2) is 5.89. The van der Waals surface area contributed by atoms with Gasteiger partial charge in [-0.25, -0.2) is 4.79 Å². The van der Waals surface area contributed by atoms with Crippen molar-refractivity contribution in [2.24, 2.45) is 18.4 Å². The first-order valence-corrected chi connectivity index (χ1v) is 10.0. The molecule has 1 saturated carbocycles. The molecule has 1 aromatic heterocycles. The SMILES string of the molecule is Cn1nc(CC2CC3(C2)CN(C(=O)N2CC4(CCC(=O)N4)C2)C3)cc1C(F)(F)F. The Morgan fingerprint density at radius 1 is 1.24 bits per heavy atom. The average Bonchev–Trinajstić information content (AvgIpc) is 3.09. The van der Waals surface area contributed by atoms with Gasteiger partial charge < -0.3 is 15.1 Å². The molecule has 2 spiro atoms. The lowest BCUT2D eigenvalue weighted by molar-refractivity contribution is -0.143. The minimum atomic E-state index is -4.38. The predicted octanol–water partition coefficient (Wildman–Crippen LogP) is 1.78. The first kappa shape index (κ1) is 18.7. The summed E-state index contributed by atoms with van der Waals surface area (Å²) in [6.45, 7) is 2.61. The highest BCUT2D eigenvalue weighted by Crippen LogP contribution is 2.53. The van der Waals surface area contributed by atoms with E-state index >= 15 is 0 Å². The van der Waals surface area contributed by atoms with Crippen molar-refractivity contribution in [3.63, 3.8) is 0 Å². The van der Waals surface area contributed by atoms with Gasteiger partial charge in [0.1, 0.15) is 5.69 Å². The maximum absolute atomic E-state index is 12.9. The van der Waals surface area contributed by atoms with Crippen LogP contribution in [-0.4, -0.2) is 63.2 Å². The van der Waals surface area contributed by atoms with Crippen LogP contribution in [0.25, 0.3) is 0 Å². The van der Waals surface area contributed by atoms with Crippen molar-refractivity contribution in [3.05, 3.63) is 17.5 Å². The molecule has 1 aromatic rings. The Morgan fingerprint density at radius 2 is 1.90 bits per heavy atom. The summed E-state index contributed by atoms with van der Waals surface area (Å²) in [5, 5.41) is 6.99. The van der Waals surface area contributed by atoms with E-state index in [4.69, 9.17) is 0 Å². The molecule has 3 amide bonds. The lowest BCUT2D eigenvalue weighted by Gasteiger charge is -2.61. The molecule has 3 aliphatic heterocycles. The third-order valence-electron chi connectivity index (χ3n) is 6.98. The van der Waals surface area contributed by atoms with Gasteiger partial charge in [-0.05, 0) is 37.7 Å². The fraction of sp³-hybridized carbons (Fsp3) is 0.737. The number of nitrogens with one attached hydrogen (secondary N) is 1. The standard InChI is InChI=1S/C19H24F3N5O2/c1-25-14(19(20,21)22)5-13(24-25)4-12-6-17(7-12)8-26(9-17)16(29)27-10-18(11-27)3-2-15(28)23-18/h5,12H,2-4,6-11H2,1H3,(H,23,28). The van der Waals surface area contributed by atoms with Crippen molar-refractivity contribution in [2.75, 3.05) is 26.2 Å². The molecule has 5 rings (SSSR count). The van der Waals surface area contributed by atoms with E-state index in [0.717, 1.165) is 30.0 Å². The number of hydrogen-bond donors (Lipinski definition) is 1. The van der Waals surface area contributed by atoms with Crippen molar-refractivity contribution in [3.8, 4) is 0 Å². The third kappa shape index (κ3) is 3.07. The number of halogens is 3. The number of nitrogens with zero attached hydrogens (tertiary/aromatic N) is 4. The molecule has 0 bridgehead atoms. The Labute approximate surface area is 166 Å². The monoisotopic (exact) mass is 411 g/mol. The van der Waals surface area contributed by atoms with Gasteiger partial charge >= 0.3 is 12.2 Å². The number of rotatable bonds is 2. The van der Waals surface area contributed by atoms with Crippen LogP contribution in [0.3, 0.4) is 0 Å². The molecule has 4 aliphatic rings. The molecule has 0 radical (unpaired) electrons. The number of amides is 3. The fourth-order valence-electron chi connectivity index (χ4n) is 5.68. The highest BCUT2D eigenvalue weighted by molar-refractivity contribution is 5.82. The van der Waals surface area contributed by atoms with E-state index in [2.05, 4.69) is 10.4 Å². The van der Waals surface area contributed by atoms with E-state index in [0.29, 0.717) is 50.6 Å². The minimum Gasteiger partial charge on any atom is -0.347 e. The van der Waals surface area contributed by atoms with Gasteiger partial charge in [0.05, 0.1) is 11.2 Å². The average molecular weight is 411 g/mol. The molecular formula is C19H24F3N5O2. The third-order valence-corrected chi connectivity index (χ3v) is 6.98. The first-order chi connectivity index (χ1) is 13.6. The molecule has 1 N–H and O–H groups in total. The van der Waals surface area contributed by atoms with Crippen LogP contribution < -0.4 is 5.32 Å². The maximum Gasteiger partial charge on any atom is 0.433 e. The normalized spacial score (nSPS) is 25.0. The summed E-state index contributed by atoms with van der Waals surface area (Å²) in [5.41, 5.74) is -0.301. The number of aryl methyl sites for hydroxylation is 1. The van der Waals surface area contributed by atoms with Gasteiger partial charge in [-0.1, -0.05) is 0 Å². The Kier molecular flexibility index (Phi) is 3.80. The van der Waals surface area contributed by atoms with Gasteiger partial charge in [-0.3, -0.25) is 9.48 Å². The van der Waals surface area contributed by atoms with Crippen LogP contribution in [0.15, 0.2) is 6.07 Å². The summed E-state index contributed by atoms with van der Waals surface area (Å²) in [7, 11) is 1.32. The number of carbonyl (C=O) groups is 2. The molecule has 3 saturated heterocycles. The second-order valence-corrected chi connectivity index (χ2v) is 9.44. The molecule has 29 heavy (non-hydrogen) atoms. The number of urea groups is 1. The van der Waals surface area contributed by atoms with Crippen molar-refractivity contribution < 1.29 is 22.8 Å². The Hall–Kier alpha value is -2.26. The highest BCUT2D eigenvalue weighted by atomic mass is 19.4. The van der Waals surface area contributed by atoms with Gasteiger partial charge in [-0.2, -0.15) is 18.3 Å². The van der Waals surface area contributed by atoms with Crippen LogP contribution >= 0.6 is 0 Å². The van der Waals surface area contributed by atoms with Crippen LogP contribution in [0.1, 0.15) is 37.1 Å². The van der Waals surface area contributed by atoms with Gasteiger partial charge in [0, 0.05) is 45.1 Å². The molecule has 0 unspecified atom stereocenters. The van der Waals surface area contributed by atoms with Crippen LogP contribution in [0, 0.1) is 11.3 Å². The number of hydrogen-bond acceptors (Lipinski definition) is 3. The van der Waals surface area contributed by atoms with Gasteiger partial charge in [0.2, 0.25) is 5.91 Å². The molecule has 0 atom stereocenters. The molecule has 7 nitrogen and oxygen atoms in total. The quantitative estimate of drug-likeness (QED) is 0.807. The number of alkyl halides is 3. The lowest BCUT2D eigenvalue weighted by Crippen LogP contribution is -2.73. The smallest absolute Gasteiger partial charge is 0.347 e. The van der Waals surface area contributed by atoms with Crippen LogP contribution in [-0.2, 0) is 24.4 Å². The van der Waals surface area contributed by atoms with Crippen LogP contribution in [0.2, 0.25) is 0 Å². The van der Waals surface area contributed by atoms with E-state index in [-0.39, 0.29) is 22.9 Å². The second-order valence-electron chi connectivity index (χ2n) is 9.44. The summed E-state index contributed by atoms with van der Waals surface area (Å²) in [6.07, 6.45) is -0.647. The fourth-order valence-corrected chi connectivity index (χ4v) is 5.68. The van der Waals surface area contributed by atoms with Crippen molar-refractivity contribution in [1.29, 1.82) is 0 Å². The molecular weight excluding hydrogens is 387 g/mol. The van der Waals surface area contributed by atoms with E-state index in [1.807, 2.05) is 4.90 Å². The van der Waals surface area contributed by atoms with Crippen LogP contribution in [0.5, 0.6) is 0 Å². The summed E-state index contributed by atoms with van der Waals surface area (Å²) in [6, 6.07) is 1.17. The Bertz CT molecular complexity index is 860. The van der Waals surface area contributed by atoms with Crippen molar-refractivity contribution >= 4 is 11.9 Å². The summed E-state index contributed by atoms with van der Waals surface area (Å²) >= 11 is 0. The van der Waals surface area contributed by atoms with Crippen molar-refractivity contribution in [1.82, 2.24) is 24.9 Å². The zero-order valence-electron chi connectivity index (χ0n) is 16.3. The summed E-state index contributed by atoms with van der Waals surface area (Å²) in [4.78, 5) is 27.6. The molecule has 4 fully saturated rings. The molecule has 4 heterocycles. The number of carbonyl (C=O) groups excluding carboxylic acids is 2. The van der Waals surface area contributed by atoms with E-state index < -0.39 is 11.9 Å². The van der Waals surface area contributed by atoms with E-state index in [1.54, 1.807) is 4.90 Å². The summed E-state index contributed by atoms with van der Waals surface area (Å²) in [5.74, 6) is 0.389. The summed E-state index contributed by atoms with van der Waals surface area (Å²) < 4.78 is 39.6. The molecule has 1 aliphatic carbocycles. The molecule has 0 aromatic carbocycles. The zero-order chi connectivity index (χ0) is 20.6.